The summed E-state index contributed by atoms with van der Waals surface area (Å²) in [6, 6.07) is 7.17. The predicted molar refractivity (Wildman–Crippen MR) is 109 cm³/mol. The molecule has 0 amide bonds. The summed E-state index contributed by atoms with van der Waals surface area (Å²) in [7, 11) is 0. The van der Waals surface area contributed by atoms with Crippen molar-refractivity contribution in [3.8, 4) is 11.5 Å². The maximum atomic E-state index is 13.1. The van der Waals surface area contributed by atoms with Crippen LogP contribution in [0.2, 0.25) is 5.02 Å². The first-order valence-corrected chi connectivity index (χ1v) is 10.4. The maximum absolute atomic E-state index is 13.1. The van der Waals surface area contributed by atoms with E-state index in [2.05, 4.69) is 22.1 Å². The van der Waals surface area contributed by atoms with Gasteiger partial charge in [-0.3, -0.25) is 9.36 Å². The third-order valence-electron chi connectivity index (χ3n) is 5.15. The Morgan fingerprint density at radius 3 is 2.93 bits per heavy atom. The lowest BCUT2D eigenvalue weighted by Crippen LogP contribution is -2.22. The molecule has 0 bridgehead atoms. The van der Waals surface area contributed by atoms with Gasteiger partial charge < -0.3 is 4.42 Å². The van der Waals surface area contributed by atoms with Gasteiger partial charge in [0.25, 0.3) is 5.56 Å². The van der Waals surface area contributed by atoms with Crippen LogP contribution in [0.15, 0.2) is 39.8 Å². The number of aromatic nitrogens is 4. The van der Waals surface area contributed by atoms with Crippen LogP contribution in [-0.2, 0) is 19.4 Å². The smallest absolute Gasteiger partial charge is 0.262 e. The van der Waals surface area contributed by atoms with E-state index in [4.69, 9.17) is 16.0 Å². The number of benzene rings is 1. The molecule has 0 aliphatic heterocycles. The van der Waals surface area contributed by atoms with Crippen molar-refractivity contribution in [3.63, 3.8) is 0 Å². The zero-order valence-electron chi connectivity index (χ0n) is 15.2. The van der Waals surface area contributed by atoms with Crippen molar-refractivity contribution in [3.05, 3.63) is 62.3 Å². The fourth-order valence-electron chi connectivity index (χ4n) is 3.65. The molecule has 4 aromatic rings. The van der Waals surface area contributed by atoms with Gasteiger partial charge in [-0.25, -0.2) is 4.98 Å². The summed E-state index contributed by atoms with van der Waals surface area (Å²) in [4.78, 5) is 19.7. The van der Waals surface area contributed by atoms with Crippen LogP contribution in [0, 0.1) is 5.92 Å². The molecule has 0 fully saturated rings. The highest BCUT2D eigenvalue weighted by Gasteiger charge is 2.23. The largest absolute Gasteiger partial charge is 0.419 e. The lowest BCUT2D eigenvalue weighted by Gasteiger charge is -2.17. The number of hydrogen-bond donors (Lipinski definition) is 0. The van der Waals surface area contributed by atoms with E-state index in [0.717, 1.165) is 35.0 Å². The average molecular weight is 413 g/mol. The number of aryl methyl sites for hydroxylation is 1. The normalized spacial score (nSPS) is 16.4. The molecule has 0 unspecified atom stereocenters. The monoisotopic (exact) mass is 412 g/mol. The van der Waals surface area contributed by atoms with Gasteiger partial charge in [-0.15, -0.1) is 21.5 Å². The molecular weight excluding hydrogens is 396 g/mol. The minimum absolute atomic E-state index is 0.0386. The Morgan fingerprint density at radius 1 is 1.29 bits per heavy atom. The third kappa shape index (κ3) is 3.04. The minimum atomic E-state index is -0.0386. The molecule has 3 heterocycles. The summed E-state index contributed by atoms with van der Waals surface area (Å²) in [6.45, 7) is 2.45. The molecule has 0 saturated heterocycles. The van der Waals surface area contributed by atoms with Crippen LogP contribution >= 0.6 is 22.9 Å². The van der Waals surface area contributed by atoms with E-state index in [1.54, 1.807) is 34.4 Å². The van der Waals surface area contributed by atoms with Gasteiger partial charge in [0.1, 0.15) is 11.4 Å². The van der Waals surface area contributed by atoms with Crippen molar-refractivity contribution in [1.82, 2.24) is 19.7 Å². The molecule has 3 aromatic heterocycles. The summed E-state index contributed by atoms with van der Waals surface area (Å²) >= 11 is 7.56. The van der Waals surface area contributed by atoms with Crippen molar-refractivity contribution < 1.29 is 4.42 Å². The fraction of sp³-hybridized carbons (Fsp3) is 0.300. The highest BCUT2D eigenvalue weighted by molar-refractivity contribution is 7.18. The SMILES string of the molecule is C[C@@H]1CCc2c(sc3ncn(Cc4nnc(-c5ccc(Cl)cc5)o4)c(=O)c23)C1. The van der Waals surface area contributed by atoms with Gasteiger partial charge in [-0.2, -0.15) is 0 Å². The molecule has 28 heavy (non-hydrogen) atoms. The summed E-state index contributed by atoms with van der Waals surface area (Å²) in [5.74, 6) is 1.43. The Balaban J connectivity index is 1.48. The lowest BCUT2D eigenvalue weighted by atomic mass is 9.89. The number of hydrogen-bond acceptors (Lipinski definition) is 6. The molecule has 0 saturated carbocycles. The van der Waals surface area contributed by atoms with E-state index < -0.39 is 0 Å². The zero-order chi connectivity index (χ0) is 19.3. The topological polar surface area (TPSA) is 73.8 Å². The molecule has 0 spiro atoms. The van der Waals surface area contributed by atoms with Crippen LogP contribution in [0.25, 0.3) is 21.7 Å². The van der Waals surface area contributed by atoms with E-state index in [9.17, 15) is 4.79 Å². The quantitative estimate of drug-likeness (QED) is 0.500. The third-order valence-corrected chi connectivity index (χ3v) is 6.56. The second-order valence-corrected chi connectivity index (χ2v) is 8.74. The maximum Gasteiger partial charge on any atom is 0.262 e. The summed E-state index contributed by atoms with van der Waals surface area (Å²) in [5, 5.41) is 9.56. The van der Waals surface area contributed by atoms with Crippen molar-refractivity contribution in [2.45, 2.75) is 32.7 Å². The number of nitrogens with zero attached hydrogens (tertiary/aromatic N) is 4. The average Bonchev–Trinajstić information content (AvgIpc) is 3.29. The van der Waals surface area contributed by atoms with Gasteiger partial charge in [0, 0.05) is 15.5 Å². The molecule has 6 nitrogen and oxygen atoms in total. The highest BCUT2D eigenvalue weighted by Crippen LogP contribution is 2.35. The molecule has 1 aliphatic rings. The van der Waals surface area contributed by atoms with Crippen molar-refractivity contribution in [2.75, 3.05) is 0 Å². The Morgan fingerprint density at radius 2 is 2.11 bits per heavy atom. The fourth-order valence-corrected chi connectivity index (χ4v) is 5.12. The van der Waals surface area contributed by atoms with Gasteiger partial charge in [-0.05, 0) is 55.0 Å². The molecule has 1 aliphatic carbocycles. The second kappa shape index (κ2) is 6.83. The van der Waals surface area contributed by atoms with Crippen molar-refractivity contribution >= 4 is 33.2 Å². The van der Waals surface area contributed by atoms with Crippen molar-refractivity contribution in [2.24, 2.45) is 5.92 Å². The molecule has 8 heteroatoms. The first kappa shape index (κ1) is 17.6. The van der Waals surface area contributed by atoms with Crippen LogP contribution in [0.1, 0.15) is 29.7 Å². The number of thiophene rings is 1. The zero-order valence-corrected chi connectivity index (χ0v) is 16.8. The van der Waals surface area contributed by atoms with E-state index in [1.165, 1.54) is 10.4 Å². The predicted octanol–water partition coefficient (Wildman–Crippen LogP) is 4.33. The lowest BCUT2D eigenvalue weighted by molar-refractivity contribution is 0.483. The Kier molecular flexibility index (Phi) is 4.29. The Labute approximate surface area is 169 Å². The molecule has 1 aromatic carbocycles. The van der Waals surface area contributed by atoms with Gasteiger partial charge in [0.05, 0.1) is 11.7 Å². The van der Waals surface area contributed by atoms with Gasteiger partial charge in [0.15, 0.2) is 0 Å². The second-order valence-electron chi connectivity index (χ2n) is 7.22. The van der Waals surface area contributed by atoms with Crippen LogP contribution in [-0.4, -0.2) is 19.7 Å². The molecule has 0 radical (unpaired) electrons. The summed E-state index contributed by atoms with van der Waals surface area (Å²) in [6.07, 6.45) is 4.66. The van der Waals surface area contributed by atoms with E-state index in [1.807, 2.05) is 12.1 Å². The van der Waals surface area contributed by atoms with E-state index >= 15 is 0 Å². The van der Waals surface area contributed by atoms with Crippen LogP contribution in [0.3, 0.4) is 0 Å². The number of halogens is 1. The Bertz CT molecular complexity index is 1230. The number of rotatable bonds is 3. The first-order valence-electron chi connectivity index (χ1n) is 9.16. The van der Waals surface area contributed by atoms with Gasteiger partial charge in [0.2, 0.25) is 11.8 Å². The minimum Gasteiger partial charge on any atom is -0.419 e. The van der Waals surface area contributed by atoms with E-state index in [0.29, 0.717) is 22.7 Å². The molecule has 5 rings (SSSR count). The molecule has 0 N–H and O–H groups in total. The first-order chi connectivity index (χ1) is 13.6. The molecule has 1 atom stereocenters. The van der Waals surface area contributed by atoms with Crippen LogP contribution < -0.4 is 5.56 Å². The Hall–Kier alpha value is -2.51. The standard InChI is InChI=1S/C20H17ClN4O2S/c1-11-2-7-14-15(8-11)28-19-17(14)20(26)25(10-22-19)9-16-23-24-18(27-16)12-3-5-13(21)6-4-12/h3-6,10-11H,2,7-9H2,1H3/t11-/m1/s1. The molecular formula is C20H17ClN4O2S. The van der Waals surface area contributed by atoms with E-state index in [-0.39, 0.29) is 12.1 Å². The summed E-state index contributed by atoms with van der Waals surface area (Å²) in [5.41, 5.74) is 1.92. The summed E-state index contributed by atoms with van der Waals surface area (Å²) < 4.78 is 7.29. The molecule has 142 valence electrons. The van der Waals surface area contributed by atoms with Gasteiger partial charge in [-0.1, -0.05) is 18.5 Å². The van der Waals surface area contributed by atoms with Crippen LogP contribution in [0.5, 0.6) is 0 Å². The van der Waals surface area contributed by atoms with Crippen molar-refractivity contribution in [1.29, 1.82) is 0 Å². The van der Waals surface area contributed by atoms with Crippen LogP contribution in [0.4, 0.5) is 0 Å². The van der Waals surface area contributed by atoms with Gasteiger partial charge >= 0.3 is 0 Å². The highest BCUT2D eigenvalue weighted by atomic mass is 35.5. The number of fused-ring (bicyclic) bond motifs is 3.